The number of Topliss-reactive ketones (excluding diaryl/α,β-unsaturated/α-hetero) is 2. The number of ketones is 2. The molecule has 102 valence electrons. The van der Waals surface area contributed by atoms with Crippen molar-refractivity contribution in [1.82, 2.24) is 0 Å². The first kappa shape index (κ1) is 13.7. The Bertz CT molecular complexity index is 312. The summed E-state index contributed by atoms with van der Waals surface area (Å²) in [6, 6.07) is 0. The van der Waals surface area contributed by atoms with E-state index in [9.17, 15) is 14.0 Å². The molecular formula is C15H23FO2. The summed E-state index contributed by atoms with van der Waals surface area (Å²) in [7, 11) is 0. The average Bonchev–Trinajstić information content (AvgIpc) is 2.40. The molecule has 0 radical (unpaired) electrons. The minimum atomic E-state index is -1.69. The van der Waals surface area contributed by atoms with Gasteiger partial charge >= 0.3 is 0 Å². The van der Waals surface area contributed by atoms with Gasteiger partial charge in [0.1, 0.15) is 5.78 Å². The standard InChI is InChI=1S/C15H23FO2/c16-15(9-5-2-6-10-15)14(18)11-13(17)12-7-3-1-4-8-12/h12H,1-11H2. The Hall–Kier alpha value is -0.730. The topological polar surface area (TPSA) is 34.1 Å². The minimum absolute atomic E-state index is 0.0118. The van der Waals surface area contributed by atoms with Gasteiger partial charge in [-0.1, -0.05) is 25.7 Å². The van der Waals surface area contributed by atoms with Gasteiger partial charge in [0.25, 0.3) is 0 Å². The van der Waals surface area contributed by atoms with Gasteiger partial charge in [-0.25, -0.2) is 4.39 Å². The van der Waals surface area contributed by atoms with Gasteiger partial charge in [-0.15, -0.1) is 0 Å². The maximum Gasteiger partial charge on any atom is 0.177 e. The van der Waals surface area contributed by atoms with E-state index in [-0.39, 0.29) is 18.1 Å². The van der Waals surface area contributed by atoms with Crippen LogP contribution in [0.5, 0.6) is 0 Å². The highest BCUT2D eigenvalue weighted by Crippen LogP contribution is 2.34. The van der Waals surface area contributed by atoms with E-state index in [0.717, 1.165) is 44.9 Å². The lowest BCUT2D eigenvalue weighted by atomic mass is 9.79. The molecular weight excluding hydrogens is 231 g/mol. The second-order valence-corrected chi connectivity index (χ2v) is 5.93. The molecule has 0 aromatic carbocycles. The van der Waals surface area contributed by atoms with Crippen LogP contribution in [0, 0.1) is 5.92 Å². The molecule has 0 bridgehead atoms. The summed E-state index contributed by atoms with van der Waals surface area (Å²) in [4.78, 5) is 24.0. The van der Waals surface area contributed by atoms with E-state index in [1.807, 2.05) is 0 Å². The van der Waals surface area contributed by atoms with Gasteiger partial charge in [-0.05, 0) is 38.5 Å². The molecule has 18 heavy (non-hydrogen) atoms. The van der Waals surface area contributed by atoms with Crippen LogP contribution in [-0.4, -0.2) is 17.2 Å². The molecule has 2 rings (SSSR count). The number of hydrogen-bond donors (Lipinski definition) is 0. The van der Waals surface area contributed by atoms with Crippen molar-refractivity contribution in [2.75, 3.05) is 0 Å². The van der Waals surface area contributed by atoms with E-state index in [2.05, 4.69) is 0 Å². The van der Waals surface area contributed by atoms with Crippen molar-refractivity contribution in [2.24, 2.45) is 5.92 Å². The number of carbonyl (C=O) groups excluding carboxylic acids is 2. The molecule has 0 aliphatic heterocycles. The summed E-state index contributed by atoms with van der Waals surface area (Å²) in [6.45, 7) is 0. The first-order valence-corrected chi connectivity index (χ1v) is 7.37. The lowest BCUT2D eigenvalue weighted by molar-refractivity contribution is -0.138. The third kappa shape index (κ3) is 3.18. The highest BCUT2D eigenvalue weighted by Gasteiger charge is 2.40. The maximum atomic E-state index is 14.4. The normalized spacial score (nSPS) is 24.7. The van der Waals surface area contributed by atoms with Crippen LogP contribution in [-0.2, 0) is 9.59 Å². The SMILES string of the molecule is O=C(CC(=O)C1(F)CCCCC1)C1CCCCC1. The van der Waals surface area contributed by atoms with Crippen LogP contribution in [0.25, 0.3) is 0 Å². The second-order valence-electron chi connectivity index (χ2n) is 5.93. The molecule has 0 saturated heterocycles. The molecule has 0 unspecified atom stereocenters. The molecule has 0 aromatic heterocycles. The van der Waals surface area contributed by atoms with E-state index in [1.165, 1.54) is 6.42 Å². The van der Waals surface area contributed by atoms with Crippen LogP contribution in [0.15, 0.2) is 0 Å². The summed E-state index contributed by atoms with van der Waals surface area (Å²) < 4.78 is 14.4. The van der Waals surface area contributed by atoms with Crippen molar-refractivity contribution in [3.63, 3.8) is 0 Å². The minimum Gasteiger partial charge on any atom is -0.299 e. The Morgan fingerprint density at radius 2 is 1.50 bits per heavy atom. The molecule has 2 fully saturated rings. The van der Waals surface area contributed by atoms with Crippen molar-refractivity contribution in [2.45, 2.75) is 76.3 Å². The van der Waals surface area contributed by atoms with Crippen molar-refractivity contribution in [1.29, 1.82) is 0 Å². The van der Waals surface area contributed by atoms with Gasteiger partial charge in [-0.2, -0.15) is 0 Å². The lowest BCUT2D eigenvalue weighted by Crippen LogP contribution is -2.38. The number of rotatable bonds is 4. The Morgan fingerprint density at radius 3 is 2.11 bits per heavy atom. The van der Waals surface area contributed by atoms with E-state index in [1.54, 1.807) is 0 Å². The van der Waals surface area contributed by atoms with E-state index >= 15 is 0 Å². The molecule has 3 heteroatoms. The molecule has 2 aliphatic rings. The second kappa shape index (κ2) is 5.94. The van der Waals surface area contributed by atoms with Gasteiger partial charge in [0, 0.05) is 5.92 Å². The summed E-state index contributed by atoms with van der Waals surface area (Å²) in [5.74, 6) is -0.435. The monoisotopic (exact) mass is 254 g/mol. The molecule has 0 aromatic rings. The Balaban J connectivity index is 1.87. The van der Waals surface area contributed by atoms with Crippen LogP contribution in [0.4, 0.5) is 4.39 Å². The van der Waals surface area contributed by atoms with Gasteiger partial charge in [-0.3, -0.25) is 9.59 Å². The van der Waals surface area contributed by atoms with Crippen LogP contribution in [0.1, 0.15) is 70.6 Å². The zero-order chi connectivity index (χ0) is 13.0. The first-order valence-electron chi connectivity index (χ1n) is 7.37. The predicted molar refractivity (Wildman–Crippen MR) is 68.1 cm³/mol. The summed E-state index contributed by atoms with van der Waals surface area (Å²) in [5.41, 5.74) is -1.69. The summed E-state index contributed by atoms with van der Waals surface area (Å²) in [6.07, 6.45) is 8.17. The highest BCUT2D eigenvalue weighted by atomic mass is 19.1. The largest absolute Gasteiger partial charge is 0.299 e. The molecule has 0 N–H and O–H groups in total. The van der Waals surface area contributed by atoms with E-state index < -0.39 is 11.5 Å². The molecule has 2 nitrogen and oxygen atoms in total. The fourth-order valence-corrected chi connectivity index (χ4v) is 3.28. The number of alkyl halides is 1. The zero-order valence-corrected chi connectivity index (χ0v) is 11.0. The van der Waals surface area contributed by atoms with Gasteiger partial charge in [0.05, 0.1) is 6.42 Å². The predicted octanol–water partition coefficient (Wildman–Crippen LogP) is 3.77. The van der Waals surface area contributed by atoms with Gasteiger partial charge in [0.2, 0.25) is 0 Å². The van der Waals surface area contributed by atoms with Crippen LogP contribution >= 0.6 is 0 Å². The van der Waals surface area contributed by atoms with E-state index in [4.69, 9.17) is 0 Å². The quantitative estimate of drug-likeness (QED) is 0.716. The number of carbonyl (C=O) groups is 2. The maximum absolute atomic E-state index is 14.4. The summed E-state index contributed by atoms with van der Waals surface area (Å²) in [5, 5.41) is 0. The fourth-order valence-electron chi connectivity index (χ4n) is 3.28. The molecule has 0 atom stereocenters. The van der Waals surface area contributed by atoms with Gasteiger partial charge in [0.15, 0.2) is 11.5 Å². The molecule has 2 saturated carbocycles. The van der Waals surface area contributed by atoms with Crippen molar-refractivity contribution in [3.8, 4) is 0 Å². The molecule has 0 amide bonds. The molecule has 2 aliphatic carbocycles. The number of hydrogen-bond acceptors (Lipinski definition) is 2. The third-order valence-electron chi connectivity index (χ3n) is 4.54. The Labute approximate surface area is 108 Å². The number of halogens is 1. The van der Waals surface area contributed by atoms with Crippen molar-refractivity contribution in [3.05, 3.63) is 0 Å². The van der Waals surface area contributed by atoms with Crippen molar-refractivity contribution < 1.29 is 14.0 Å². The van der Waals surface area contributed by atoms with Crippen LogP contribution in [0.2, 0.25) is 0 Å². The zero-order valence-electron chi connectivity index (χ0n) is 11.0. The lowest BCUT2D eigenvalue weighted by Gasteiger charge is -2.28. The highest BCUT2D eigenvalue weighted by molar-refractivity contribution is 6.03. The van der Waals surface area contributed by atoms with Crippen LogP contribution in [0.3, 0.4) is 0 Å². The van der Waals surface area contributed by atoms with Crippen LogP contribution < -0.4 is 0 Å². The Kier molecular flexibility index (Phi) is 4.52. The van der Waals surface area contributed by atoms with Gasteiger partial charge < -0.3 is 0 Å². The first-order chi connectivity index (χ1) is 8.62. The molecule has 0 heterocycles. The third-order valence-corrected chi connectivity index (χ3v) is 4.54. The molecule has 0 spiro atoms. The Morgan fingerprint density at radius 1 is 0.944 bits per heavy atom. The summed E-state index contributed by atoms with van der Waals surface area (Å²) >= 11 is 0. The van der Waals surface area contributed by atoms with E-state index in [0.29, 0.717) is 12.8 Å². The fraction of sp³-hybridized carbons (Fsp3) is 0.867. The van der Waals surface area contributed by atoms with Crippen molar-refractivity contribution >= 4 is 11.6 Å². The smallest absolute Gasteiger partial charge is 0.177 e. The average molecular weight is 254 g/mol.